The lowest BCUT2D eigenvalue weighted by Gasteiger charge is -2.26. The van der Waals surface area contributed by atoms with Crippen LogP contribution in [0.4, 0.5) is 0 Å². The predicted octanol–water partition coefficient (Wildman–Crippen LogP) is 2.89. The van der Waals surface area contributed by atoms with Crippen molar-refractivity contribution >= 4 is 11.0 Å². The van der Waals surface area contributed by atoms with Crippen molar-refractivity contribution in [2.24, 2.45) is 7.05 Å². The van der Waals surface area contributed by atoms with Gasteiger partial charge in [0.15, 0.2) is 5.65 Å². The first-order valence-corrected chi connectivity index (χ1v) is 7.96. The Bertz CT molecular complexity index is 855. The maximum Gasteiger partial charge on any atom is 0.157 e. The SMILES string of the molecule is Cc1nn(C)c2ncc(CNC3CCOc4ccccc43)cc12. The molecule has 5 nitrogen and oxygen atoms in total. The number of fused-ring (bicyclic) bond motifs is 2. The fourth-order valence-corrected chi connectivity index (χ4v) is 3.24. The lowest BCUT2D eigenvalue weighted by molar-refractivity contribution is 0.252. The van der Waals surface area contributed by atoms with Gasteiger partial charge in [0.2, 0.25) is 0 Å². The van der Waals surface area contributed by atoms with Gasteiger partial charge < -0.3 is 10.1 Å². The number of aromatic nitrogens is 3. The maximum absolute atomic E-state index is 5.72. The molecule has 1 atom stereocenters. The average Bonchev–Trinajstić information content (AvgIpc) is 2.87. The number of benzene rings is 1. The third-order valence-corrected chi connectivity index (χ3v) is 4.43. The van der Waals surface area contributed by atoms with Crippen LogP contribution in [0.3, 0.4) is 0 Å². The quantitative estimate of drug-likeness (QED) is 0.808. The smallest absolute Gasteiger partial charge is 0.157 e. The minimum Gasteiger partial charge on any atom is -0.493 e. The summed E-state index contributed by atoms with van der Waals surface area (Å²) in [5.41, 5.74) is 4.37. The normalized spacial score (nSPS) is 17.0. The first-order chi connectivity index (χ1) is 11.2. The Morgan fingerprint density at radius 1 is 1.35 bits per heavy atom. The van der Waals surface area contributed by atoms with Crippen molar-refractivity contribution in [1.29, 1.82) is 0 Å². The Kier molecular flexibility index (Phi) is 3.50. The number of rotatable bonds is 3. The fraction of sp³-hybridized carbons (Fsp3) is 0.333. The highest BCUT2D eigenvalue weighted by Gasteiger charge is 2.20. The molecule has 3 heterocycles. The molecule has 3 aromatic rings. The Morgan fingerprint density at radius 2 is 2.22 bits per heavy atom. The third kappa shape index (κ3) is 2.57. The molecule has 0 fully saturated rings. The average molecular weight is 308 g/mol. The number of pyridine rings is 1. The van der Waals surface area contributed by atoms with E-state index in [0.717, 1.165) is 42.0 Å². The topological polar surface area (TPSA) is 52.0 Å². The Balaban J connectivity index is 1.55. The predicted molar refractivity (Wildman–Crippen MR) is 89.4 cm³/mol. The number of para-hydroxylation sites is 1. The van der Waals surface area contributed by atoms with Crippen molar-refractivity contribution in [2.75, 3.05) is 6.61 Å². The van der Waals surface area contributed by atoms with Gasteiger partial charge >= 0.3 is 0 Å². The summed E-state index contributed by atoms with van der Waals surface area (Å²) in [5.74, 6) is 0.993. The number of hydrogen-bond acceptors (Lipinski definition) is 4. The van der Waals surface area contributed by atoms with Crippen LogP contribution >= 0.6 is 0 Å². The van der Waals surface area contributed by atoms with Crippen molar-refractivity contribution in [3.63, 3.8) is 0 Å². The standard InChI is InChI=1S/C18H20N4O/c1-12-15-9-13(11-20-18(15)22(2)21-12)10-19-16-7-8-23-17-6-4-3-5-14(16)17/h3-6,9,11,16,19H,7-8,10H2,1-2H3. The molecule has 0 saturated carbocycles. The van der Waals surface area contributed by atoms with Crippen LogP contribution < -0.4 is 10.1 Å². The lowest BCUT2D eigenvalue weighted by atomic mass is 10.0. The maximum atomic E-state index is 5.72. The van der Waals surface area contributed by atoms with Gasteiger partial charge in [-0.3, -0.25) is 4.68 Å². The van der Waals surface area contributed by atoms with Crippen LogP contribution in [0, 0.1) is 6.92 Å². The van der Waals surface area contributed by atoms with Crippen molar-refractivity contribution in [3.8, 4) is 5.75 Å². The van der Waals surface area contributed by atoms with Gasteiger partial charge in [-0.25, -0.2) is 4.98 Å². The van der Waals surface area contributed by atoms with E-state index in [-0.39, 0.29) is 0 Å². The van der Waals surface area contributed by atoms with Crippen molar-refractivity contribution in [3.05, 3.63) is 53.3 Å². The monoisotopic (exact) mass is 308 g/mol. The molecule has 0 saturated heterocycles. The molecule has 1 aromatic carbocycles. The third-order valence-electron chi connectivity index (χ3n) is 4.43. The zero-order chi connectivity index (χ0) is 15.8. The van der Waals surface area contributed by atoms with Crippen LogP contribution in [0.25, 0.3) is 11.0 Å². The molecule has 0 aliphatic carbocycles. The molecular formula is C18H20N4O. The van der Waals surface area contributed by atoms with E-state index in [1.807, 2.05) is 37.0 Å². The van der Waals surface area contributed by atoms with Gasteiger partial charge in [0, 0.05) is 43.2 Å². The summed E-state index contributed by atoms with van der Waals surface area (Å²) in [6.45, 7) is 3.57. The molecule has 0 amide bonds. The molecule has 1 aliphatic heterocycles. The largest absolute Gasteiger partial charge is 0.493 e. The second-order valence-electron chi connectivity index (χ2n) is 6.03. The van der Waals surface area contributed by atoms with Crippen molar-refractivity contribution in [2.45, 2.75) is 25.9 Å². The van der Waals surface area contributed by atoms with Crippen molar-refractivity contribution < 1.29 is 4.74 Å². The summed E-state index contributed by atoms with van der Waals surface area (Å²) in [4.78, 5) is 4.55. The fourth-order valence-electron chi connectivity index (χ4n) is 3.24. The second-order valence-corrected chi connectivity index (χ2v) is 6.03. The van der Waals surface area contributed by atoms with E-state index in [2.05, 4.69) is 33.6 Å². The highest BCUT2D eigenvalue weighted by molar-refractivity contribution is 5.78. The van der Waals surface area contributed by atoms with E-state index in [4.69, 9.17) is 4.74 Å². The molecule has 118 valence electrons. The summed E-state index contributed by atoms with van der Waals surface area (Å²) in [5, 5.41) is 9.19. The van der Waals surface area contributed by atoms with Crippen LogP contribution in [0.1, 0.15) is 29.3 Å². The molecule has 2 aromatic heterocycles. The van der Waals surface area contributed by atoms with Crippen LogP contribution in [-0.2, 0) is 13.6 Å². The molecule has 4 rings (SSSR count). The van der Waals surface area contributed by atoms with Crippen LogP contribution in [0.15, 0.2) is 36.5 Å². The van der Waals surface area contributed by atoms with Gasteiger partial charge in [-0.15, -0.1) is 0 Å². The van der Waals surface area contributed by atoms with Crippen LogP contribution in [0.2, 0.25) is 0 Å². The van der Waals surface area contributed by atoms with Gasteiger partial charge in [-0.05, 0) is 24.6 Å². The minimum absolute atomic E-state index is 0.325. The molecule has 1 aliphatic rings. The Labute approximate surface area is 135 Å². The highest BCUT2D eigenvalue weighted by atomic mass is 16.5. The zero-order valence-electron chi connectivity index (χ0n) is 13.4. The summed E-state index contributed by atoms with van der Waals surface area (Å²) in [7, 11) is 1.93. The number of ether oxygens (including phenoxy) is 1. The number of nitrogens with one attached hydrogen (secondary N) is 1. The highest BCUT2D eigenvalue weighted by Crippen LogP contribution is 2.31. The molecule has 5 heteroatoms. The summed E-state index contributed by atoms with van der Waals surface area (Å²) in [6.07, 6.45) is 2.92. The number of aryl methyl sites for hydroxylation is 2. The van der Waals surface area contributed by atoms with Gasteiger partial charge in [-0.2, -0.15) is 5.10 Å². The molecule has 1 unspecified atom stereocenters. The number of hydrogen-bond donors (Lipinski definition) is 1. The van der Waals surface area contributed by atoms with Gasteiger partial charge in [0.25, 0.3) is 0 Å². The van der Waals surface area contributed by atoms with E-state index in [1.165, 1.54) is 11.1 Å². The Hall–Kier alpha value is -2.40. The molecule has 0 spiro atoms. The Morgan fingerprint density at radius 3 is 3.13 bits per heavy atom. The van der Waals surface area contributed by atoms with Gasteiger partial charge in [0.05, 0.1) is 12.3 Å². The molecular weight excluding hydrogens is 288 g/mol. The molecule has 23 heavy (non-hydrogen) atoms. The van der Waals surface area contributed by atoms with Crippen LogP contribution in [-0.4, -0.2) is 21.4 Å². The van der Waals surface area contributed by atoms with Gasteiger partial charge in [0.1, 0.15) is 5.75 Å². The van der Waals surface area contributed by atoms with Crippen LogP contribution in [0.5, 0.6) is 5.75 Å². The summed E-state index contributed by atoms with van der Waals surface area (Å²) in [6, 6.07) is 10.8. The number of nitrogens with zero attached hydrogens (tertiary/aromatic N) is 3. The van der Waals surface area contributed by atoms with E-state index in [9.17, 15) is 0 Å². The van der Waals surface area contributed by atoms with E-state index in [1.54, 1.807) is 0 Å². The first-order valence-electron chi connectivity index (χ1n) is 7.96. The first kappa shape index (κ1) is 14.2. The molecule has 0 bridgehead atoms. The zero-order valence-corrected chi connectivity index (χ0v) is 13.4. The molecule has 0 radical (unpaired) electrons. The minimum atomic E-state index is 0.325. The summed E-state index contributed by atoms with van der Waals surface area (Å²) < 4.78 is 7.55. The molecule has 1 N–H and O–H groups in total. The van der Waals surface area contributed by atoms with Gasteiger partial charge in [-0.1, -0.05) is 18.2 Å². The van der Waals surface area contributed by atoms with Crippen molar-refractivity contribution in [1.82, 2.24) is 20.1 Å². The lowest BCUT2D eigenvalue weighted by Crippen LogP contribution is -2.26. The van der Waals surface area contributed by atoms with E-state index < -0.39 is 0 Å². The van der Waals surface area contributed by atoms with E-state index >= 15 is 0 Å². The second kappa shape index (κ2) is 5.66. The van der Waals surface area contributed by atoms with E-state index in [0.29, 0.717) is 6.04 Å². The summed E-state index contributed by atoms with van der Waals surface area (Å²) >= 11 is 0.